The minimum Gasteiger partial charge on any atom is -0.369 e. The number of nitrogens with zero attached hydrogens (tertiary/aromatic N) is 6. The van der Waals surface area contributed by atoms with Gasteiger partial charge in [0.1, 0.15) is 12.9 Å². The van der Waals surface area contributed by atoms with Crippen LogP contribution >= 0.6 is 0 Å². The lowest BCUT2D eigenvalue weighted by atomic mass is 10.1. The predicted molar refractivity (Wildman–Crippen MR) is 100 cm³/mol. The molecule has 158 valence electrons. The zero-order chi connectivity index (χ0) is 20.7. The molecular weight excluding hydrogens is 387 g/mol. The Hall–Kier alpha value is -2.69. The second kappa shape index (κ2) is 9.68. The van der Waals surface area contributed by atoms with Crippen LogP contribution in [-0.4, -0.2) is 70.3 Å². The molecular formula is C18H24F3N7O. The second-order valence-electron chi connectivity index (χ2n) is 6.94. The Labute approximate surface area is 166 Å². The van der Waals surface area contributed by atoms with Gasteiger partial charge >= 0.3 is 6.18 Å². The third-order valence-corrected chi connectivity index (χ3v) is 4.83. The highest BCUT2D eigenvalue weighted by Gasteiger charge is 2.31. The molecule has 1 saturated heterocycles. The van der Waals surface area contributed by atoms with Crippen LogP contribution in [-0.2, 0) is 17.5 Å². The molecule has 1 aromatic carbocycles. The molecule has 1 aliphatic rings. The zero-order valence-electron chi connectivity index (χ0n) is 16.0. The minimum absolute atomic E-state index is 0.102. The summed E-state index contributed by atoms with van der Waals surface area (Å²) in [5.74, 6) is -0.132. The van der Waals surface area contributed by atoms with Crippen LogP contribution in [0.4, 0.5) is 18.9 Å². The first-order valence-electron chi connectivity index (χ1n) is 9.54. The number of hydrogen-bond donors (Lipinski definition) is 1. The van der Waals surface area contributed by atoms with Gasteiger partial charge < -0.3 is 10.2 Å². The van der Waals surface area contributed by atoms with E-state index in [1.807, 2.05) is 4.90 Å². The molecule has 8 nitrogen and oxygen atoms in total. The Balaban J connectivity index is 1.32. The van der Waals surface area contributed by atoms with E-state index in [2.05, 4.69) is 25.7 Å². The summed E-state index contributed by atoms with van der Waals surface area (Å²) in [6.45, 7) is 4.60. The van der Waals surface area contributed by atoms with Crippen LogP contribution < -0.4 is 10.2 Å². The van der Waals surface area contributed by atoms with Crippen LogP contribution in [0, 0.1) is 0 Å². The van der Waals surface area contributed by atoms with Gasteiger partial charge in [-0.25, -0.2) is 4.68 Å². The monoisotopic (exact) mass is 411 g/mol. The summed E-state index contributed by atoms with van der Waals surface area (Å²) < 4.78 is 40.0. The van der Waals surface area contributed by atoms with E-state index in [1.54, 1.807) is 6.07 Å². The van der Waals surface area contributed by atoms with Crippen molar-refractivity contribution < 1.29 is 18.0 Å². The molecule has 0 radical (unpaired) electrons. The normalized spacial score (nSPS) is 15.5. The number of tetrazole rings is 1. The topological polar surface area (TPSA) is 79.2 Å². The van der Waals surface area contributed by atoms with Crippen molar-refractivity contribution in [2.75, 3.05) is 44.2 Å². The molecule has 2 heterocycles. The van der Waals surface area contributed by atoms with Crippen LogP contribution in [0.5, 0.6) is 0 Å². The number of hydrogen-bond acceptors (Lipinski definition) is 6. The van der Waals surface area contributed by atoms with E-state index in [4.69, 9.17) is 0 Å². The summed E-state index contributed by atoms with van der Waals surface area (Å²) >= 11 is 0. The maximum atomic E-state index is 12.9. The van der Waals surface area contributed by atoms with E-state index in [0.29, 0.717) is 25.3 Å². The lowest BCUT2D eigenvalue weighted by Gasteiger charge is -2.36. The van der Waals surface area contributed by atoms with Crippen LogP contribution in [0.2, 0.25) is 0 Å². The standard InChI is InChI=1S/C18H24F3N7O/c19-18(20,21)15-4-3-5-16(12-15)27-10-8-26(9-11-27)7-2-1-6-22-17(29)13-28-14-23-24-25-28/h3-5,12,14H,1-2,6-11,13H2,(H,22,29). The number of alkyl halides is 3. The lowest BCUT2D eigenvalue weighted by molar-refractivity contribution is -0.137. The van der Waals surface area contributed by atoms with Crippen LogP contribution in [0.3, 0.4) is 0 Å². The molecule has 0 unspecified atom stereocenters. The quantitative estimate of drug-likeness (QED) is 0.662. The molecule has 3 rings (SSSR count). The number of carbonyl (C=O) groups excluding carboxylic acids is 1. The highest BCUT2D eigenvalue weighted by molar-refractivity contribution is 5.75. The number of benzene rings is 1. The van der Waals surface area contributed by atoms with Gasteiger partial charge in [-0.1, -0.05) is 6.07 Å². The smallest absolute Gasteiger partial charge is 0.369 e. The first kappa shape index (κ1) is 21.0. The van der Waals surface area contributed by atoms with Crippen molar-refractivity contribution in [1.82, 2.24) is 30.4 Å². The van der Waals surface area contributed by atoms with Gasteiger partial charge in [-0.15, -0.1) is 5.10 Å². The van der Waals surface area contributed by atoms with Gasteiger partial charge in [-0.2, -0.15) is 13.2 Å². The fourth-order valence-electron chi connectivity index (χ4n) is 3.25. The van der Waals surface area contributed by atoms with Crippen molar-refractivity contribution in [2.45, 2.75) is 25.6 Å². The number of aromatic nitrogens is 4. The molecule has 1 N–H and O–H groups in total. The maximum Gasteiger partial charge on any atom is 0.416 e. The number of halogens is 3. The van der Waals surface area contributed by atoms with Crippen molar-refractivity contribution in [3.63, 3.8) is 0 Å². The molecule has 1 fully saturated rings. The molecule has 0 bridgehead atoms. The summed E-state index contributed by atoms with van der Waals surface area (Å²) in [4.78, 5) is 16.0. The third kappa shape index (κ3) is 6.41. The fourth-order valence-corrected chi connectivity index (χ4v) is 3.25. The summed E-state index contributed by atoms with van der Waals surface area (Å²) in [5, 5.41) is 13.4. The van der Waals surface area contributed by atoms with Gasteiger partial charge in [0.05, 0.1) is 5.56 Å². The van der Waals surface area contributed by atoms with Crippen LogP contribution in [0.1, 0.15) is 18.4 Å². The van der Waals surface area contributed by atoms with Gasteiger partial charge in [-0.3, -0.25) is 9.69 Å². The third-order valence-electron chi connectivity index (χ3n) is 4.83. The Kier molecular flexibility index (Phi) is 7.02. The van der Waals surface area contributed by atoms with E-state index in [1.165, 1.54) is 23.1 Å². The predicted octanol–water partition coefficient (Wildman–Crippen LogP) is 1.41. The molecule has 11 heteroatoms. The first-order chi connectivity index (χ1) is 13.9. The van der Waals surface area contributed by atoms with Crippen molar-refractivity contribution in [3.8, 4) is 0 Å². The molecule has 1 aromatic heterocycles. The number of nitrogens with one attached hydrogen (secondary N) is 1. The number of carbonyl (C=O) groups is 1. The van der Waals surface area contributed by atoms with Gasteiger partial charge in [-0.05, 0) is 48.0 Å². The number of piperazine rings is 1. The minimum atomic E-state index is -4.32. The maximum absolute atomic E-state index is 12.9. The Bertz CT molecular complexity index is 774. The average Bonchev–Trinajstić information content (AvgIpc) is 3.20. The average molecular weight is 411 g/mol. The number of amides is 1. The number of unbranched alkanes of at least 4 members (excludes halogenated alkanes) is 1. The first-order valence-corrected chi connectivity index (χ1v) is 9.54. The van der Waals surface area contributed by atoms with E-state index in [-0.39, 0.29) is 12.5 Å². The highest BCUT2D eigenvalue weighted by Crippen LogP contribution is 2.31. The van der Waals surface area contributed by atoms with Gasteiger partial charge in [0.25, 0.3) is 0 Å². The van der Waals surface area contributed by atoms with Crippen LogP contribution in [0.25, 0.3) is 0 Å². The number of rotatable bonds is 8. The van der Waals surface area contributed by atoms with Gasteiger partial charge in [0.15, 0.2) is 0 Å². The fraction of sp³-hybridized carbons (Fsp3) is 0.556. The molecule has 0 saturated carbocycles. The summed E-state index contributed by atoms with van der Waals surface area (Å²) in [6, 6.07) is 5.50. The van der Waals surface area contributed by atoms with E-state index >= 15 is 0 Å². The lowest BCUT2D eigenvalue weighted by Crippen LogP contribution is -2.46. The SMILES string of the molecule is O=C(Cn1cnnn1)NCCCCN1CCN(c2cccc(C(F)(F)F)c2)CC1. The second-order valence-corrected chi connectivity index (χ2v) is 6.94. The Morgan fingerprint density at radius 2 is 1.93 bits per heavy atom. The summed E-state index contributed by atoms with van der Waals surface area (Å²) in [5.41, 5.74) is 0.00401. The molecule has 0 atom stereocenters. The van der Waals surface area contributed by atoms with Crippen LogP contribution in [0.15, 0.2) is 30.6 Å². The molecule has 29 heavy (non-hydrogen) atoms. The van der Waals surface area contributed by atoms with Crippen molar-refractivity contribution >= 4 is 11.6 Å². The molecule has 0 aliphatic carbocycles. The zero-order valence-corrected chi connectivity index (χ0v) is 16.0. The summed E-state index contributed by atoms with van der Waals surface area (Å²) in [7, 11) is 0. The highest BCUT2D eigenvalue weighted by atomic mass is 19.4. The summed E-state index contributed by atoms with van der Waals surface area (Å²) in [6.07, 6.45) is -1.14. The van der Waals surface area contributed by atoms with Crippen molar-refractivity contribution in [3.05, 3.63) is 36.2 Å². The van der Waals surface area contributed by atoms with Gasteiger partial charge in [0.2, 0.25) is 5.91 Å². The molecule has 0 spiro atoms. The Morgan fingerprint density at radius 3 is 2.62 bits per heavy atom. The van der Waals surface area contributed by atoms with E-state index in [9.17, 15) is 18.0 Å². The molecule has 2 aromatic rings. The van der Waals surface area contributed by atoms with Crippen molar-refractivity contribution in [2.24, 2.45) is 0 Å². The number of anilines is 1. The molecule has 1 aliphatic heterocycles. The van der Waals surface area contributed by atoms with Gasteiger partial charge in [0, 0.05) is 38.4 Å². The largest absolute Gasteiger partial charge is 0.416 e. The van der Waals surface area contributed by atoms with E-state index < -0.39 is 11.7 Å². The van der Waals surface area contributed by atoms with E-state index in [0.717, 1.165) is 38.5 Å². The molecule has 1 amide bonds. The van der Waals surface area contributed by atoms with Crippen molar-refractivity contribution in [1.29, 1.82) is 0 Å². The Morgan fingerprint density at radius 1 is 1.14 bits per heavy atom.